The van der Waals surface area contributed by atoms with Gasteiger partial charge >= 0.3 is 6.18 Å². The Hall–Kier alpha value is -0.780. The van der Waals surface area contributed by atoms with Gasteiger partial charge in [-0.15, -0.1) is 0 Å². The lowest BCUT2D eigenvalue weighted by Gasteiger charge is -2.19. The van der Waals surface area contributed by atoms with Crippen molar-refractivity contribution in [2.24, 2.45) is 17.6 Å². The van der Waals surface area contributed by atoms with Gasteiger partial charge in [-0.2, -0.15) is 13.2 Å². The maximum Gasteiger partial charge on any atom is 0.397 e. The van der Waals surface area contributed by atoms with Crippen molar-refractivity contribution < 1.29 is 18.0 Å². The number of likely N-dealkylation sites (tertiary alicyclic amines) is 1. The Morgan fingerprint density at radius 1 is 1.31 bits per heavy atom. The lowest BCUT2D eigenvalue weighted by Crippen LogP contribution is -2.35. The minimum absolute atomic E-state index is 0.0497. The summed E-state index contributed by atoms with van der Waals surface area (Å²) in [6, 6.07) is 0.0497. The summed E-state index contributed by atoms with van der Waals surface area (Å²) in [5, 5.41) is 0. The molecule has 1 saturated carbocycles. The first-order valence-corrected chi connectivity index (χ1v) is 5.47. The fraction of sp³-hybridized carbons (Fsp3) is 0.900. The standard InChI is InChI=1S/C10H15F3N2O/c11-10(12,13)3-9(16)15-4-6-1-2-8(14)7(6)5-15/h6-8H,1-5,14H2. The van der Waals surface area contributed by atoms with Crippen LogP contribution in [0.25, 0.3) is 0 Å². The molecule has 0 bridgehead atoms. The van der Waals surface area contributed by atoms with Crippen LogP contribution in [0.4, 0.5) is 13.2 Å². The first kappa shape index (κ1) is 11.7. The Bertz CT molecular complexity index is 292. The van der Waals surface area contributed by atoms with Crippen molar-refractivity contribution in [2.45, 2.75) is 31.5 Å². The highest BCUT2D eigenvalue weighted by atomic mass is 19.4. The zero-order chi connectivity index (χ0) is 11.9. The predicted molar refractivity (Wildman–Crippen MR) is 51.4 cm³/mol. The summed E-state index contributed by atoms with van der Waals surface area (Å²) >= 11 is 0. The number of nitrogens with zero attached hydrogens (tertiary/aromatic N) is 1. The Morgan fingerprint density at radius 3 is 2.56 bits per heavy atom. The minimum atomic E-state index is -4.41. The first-order chi connectivity index (χ1) is 7.37. The SMILES string of the molecule is NC1CCC2CN(C(=O)CC(F)(F)F)CC12. The highest BCUT2D eigenvalue weighted by molar-refractivity contribution is 5.77. The van der Waals surface area contributed by atoms with Crippen LogP contribution in [0.5, 0.6) is 0 Å². The third-order valence-electron chi connectivity index (χ3n) is 3.62. The topological polar surface area (TPSA) is 46.3 Å². The third kappa shape index (κ3) is 2.31. The van der Waals surface area contributed by atoms with Crippen LogP contribution in [0.15, 0.2) is 0 Å². The number of hydrogen-bond acceptors (Lipinski definition) is 2. The minimum Gasteiger partial charge on any atom is -0.342 e. The molecule has 0 aromatic heterocycles. The lowest BCUT2D eigenvalue weighted by molar-refractivity contribution is -0.160. The summed E-state index contributed by atoms with van der Waals surface area (Å²) in [4.78, 5) is 12.7. The normalized spacial score (nSPS) is 34.2. The monoisotopic (exact) mass is 236 g/mol. The van der Waals surface area contributed by atoms with Crippen LogP contribution in [0.3, 0.4) is 0 Å². The molecule has 3 unspecified atom stereocenters. The zero-order valence-corrected chi connectivity index (χ0v) is 8.83. The van der Waals surface area contributed by atoms with E-state index in [1.165, 1.54) is 4.90 Å². The molecule has 92 valence electrons. The van der Waals surface area contributed by atoms with Crippen LogP contribution in [0, 0.1) is 11.8 Å². The van der Waals surface area contributed by atoms with Crippen molar-refractivity contribution in [1.29, 1.82) is 0 Å². The van der Waals surface area contributed by atoms with Gasteiger partial charge in [0.1, 0.15) is 6.42 Å². The van der Waals surface area contributed by atoms with Crippen molar-refractivity contribution in [3.05, 3.63) is 0 Å². The van der Waals surface area contributed by atoms with Gasteiger partial charge in [-0.3, -0.25) is 4.79 Å². The van der Waals surface area contributed by atoms with E-state index in [0.717, 1.165) is 12.8 Å². The molecular weight excluding hydrogens is 221 g/mol. The molecule has 2 N–H and O–H groups in total. The van der Waals surface area contributed by atoms with Gasteiger partial charge < -0.3 is 10.6 Å². The predicted octanol–water partition coefficient (Wildman–Crippen LogP) is 1.13. The quantitative estimate of drug-likeness (QED) is 0.742. The van der Waals surface area contributed by atoms with E-state index < -0.39 is 18.5 Å². The van der Waals surface area contributed by atoms with Gasteiger partial charge in [0.05, 0.1) is 0 Å². The smallest absolute Gasteiger partial charge is 0.342 e. The molecule has 3 nitrogen and oxygen atoms in total. The van der Waals surface area contributed by atoms with Crippen LogP contribution in [0.1, 0.15) is 19.3 Å². The molecule has 1 heterocycles. The van der Waals surface area contributed by atoms with E-state index in [-0.39, 0.29) is 12.0 Å². The average molecular weight is 236 g/mol. The second-order valence-corrected chi connectivity index (χ2v) is 4.76. The largest absolute Gasteiger partial charge is 0.397 e. The van der Waals surface area contributed by atoms with Crippen molar-refractivity contribution in [2.75, 3.05) is 13.1 Å². The van der Waals surface area contributed by atoms with E-state index in [0.29, 0.717) is 19.0 Å². The molecule has 0 aromatic carbocycles. The molecule has 1 aliphatic heterocycles. The Morgan fingerprint density at radius 2 is 2.00 bits per heavy atom. The highest BCUT2D eigenvalue weighted by Crippen LogP contribution is 2.37. The summed E-state index contributed by atoms with van der Waals surface area (Å²) in [7, 11) is 0. The number of fused-ring (bicyclic) bond motifs is 1. The van der Waals surface area contributed by atoms with Crippen molar-refractivity contribution in [1.82, 2.24) is 4.90 Å². The number of carbonyl (C=O) groups excluding carboxylic acids is 1. The van der Waals surface area contributed by atoms with E-state index >= 15 is 0 Å². The van der Waals surface area contributed by atoms with Gasteiger partial charge in [0, 0.05) is 19.1 Å². The van der Waals surface area contributed by atoms with Gasteiger partial charge in [-0.25, -0.2) is 0 Å². The maximum absolute atomic E-state index is 12.1. The van der Waals surface area contributed by atoms with Crippen LogP contribution in [-0.2, 0) is 4.79 Å². The second-order valence-electron chi connectivity index (χ2n) is 4.76. The fourth-order valence-electron chi connectivity index (χ4n) is 2.79. The summed E-state index contributed by atoms with van der Waals surface area (Å²) in [6.45, 7) is 0.855. The van der Waals surface area contributed by atoms with E-state index in [1.807, 2.05) is 0 Å². The van der Waals surface area contributed by atoms with Gasteiger partial charge in [-0.05, 0) is 24.7 Å². The number of rotatable bonds is 1. The number of carbonyl (C=O) groups is 1. The summed E-state index contributed by atoms with van der Waals surface area (Å²) in [5.74, 6) is -0.293. The second kappa shape index (κ2) is 3.91. The molecule has 2 aliphatic rings. The molecule has 0 aromatic rings. The summed E-state index contributed by atoms with van der Waals surface area (Å²) in [6.07, 6.45) is -3.89. The Kier molecular flexibility index (Phi) is 2.86. The van der Waals surface area contributed by atoms with E-state index in [9.17, 15) is 18.0 Å². The molecule has 16 heavy (non-hydrogen) atoms. The molecule has 3 atom stereocenters. The van der Waals surface area contributed by atoms with Gasteiger partial charge in [0.15, 0.2) is 0 Å². The average Bonchev–Trinajstić information content (AvgIpc) is 2.65. The van der Waals surface area contributed by atoms with E-state index in [2.05, 4.69) is 0 Å². The third-order valence-corrected chi connectivity index (χ3v) is 3.62. The van der Waals surface area contributed by atoms with Gasteiger partial charge in [0.2, 0.25) is 5.91 Å². The Labute approximate surface area is 91.8 Å². The number of halogens is 3. The fourth-order valence-corrected chi connectivity index (χ4v) is 2.79. The maximum atomic E-state index is 12.1. The number of nitrogens with two attached hydrogens (primary N) is 1. The number of hydrogen-bond donors (Lipinski definition) is 1. The van der Waals surface area contributed by atoms with Crippen LogP contribution in [-0.4, -0.2) is 36.1 Å². The molecule has 2 fully saturated rings. The highest BCUT2D eigenvalue weighted by Gasteiger charge is 2.44. The van der Waals surface area contributed by atoms with Crippen molar-refractivity contribution in [3.8, 4) is 0 Å². The number of alkyl halides is 3. The van der Waals surface area contributed by atoms with Crippen LogP contribution >= 0.6 is 0 Å². The molecule has 6 heteroatoms. The molecule has 2 rings (SSSR count). The summed E-state index contributed by atoms with van der Waals surface area (Å²) in [5.41, 5.74) is 5.85. The van der Waals surface area contributed by atoms with Gasteiger partial charge in [-0.1, -0.05) is 0 Å². The molecule has 0 spiro atoms. The molecule has 1 amide bonds. The van der Waals surface area contributed by atoms with Crippen LogP contribution in [0.2, 0.25) is 0 Å². The lowest BCUT2D eigenvalue weighted by atomic mass is 9.98. The summed E-state index contributed by atoms with van der Waals surface area (Å²) < 4.78 is 36.2. The van der Waals surface area contributed by atoms with Crippen molar-refractivity contribution in [3.63, 3.8) is 0 Å². The van der Waals surface area contributed by atoms with Crippen molar-refractivity contribution >= 4 is 5.91 Å². The van der Waals surface area contributed by atoms with E-state index in [4.69, 9.17) is 5.73 Å². The Balaban J connectivity index is 1.92. The molecule has 1 aliphatic carbocycles. The first-order valence-electron chi connectivity index (χ1n) is 5.47. The molecular formula is C10H15F3N2O. The zero-order valence-electron chi connectivity index (χ0n) is 8.83. The van der Waals surface area contributed by atoms with E-state index in [1.54, 1.807) is 0 Å². The number of amides is 1. The molecule has 0 radical (unpaired) electrons. The molecule has 1 saturated heterocycles. The van der Waals surface area contributed by atoms with Gasteiger partial charge in [0.25, 0.3) is 0 Å². The van der Waals surface area contributed by atoms with Crippen LogP contribution < -0.4 is 5.73 Å².